The van der Waals surface area contributed by atoms with E-state index < -0.39 is 0 Å². The van der Waals surface area contributed by atoms with Gasteiger partial charge in [-0.15, -0.1) is 0 Å². The molecule has 0 bridgehead atoms. The van der Waals surface area contributed by atoms with Gasteiger partial charge in [0.2, 0.25) is 0 Å². The molecule has 1 aliphatic heterocycles. The van der Waals surface area contributed by atoms with E-state index >= 15 is 0 Å². The van der Waals surface area contributed by atoms with Crippen LogP contribution in [0.4, 0.5) is 0 Å². The molecule has 0 spiro atoms. The van der Waals surface area contributed by atoms with E-state index in [0.29, 0.717) is 16.7 Å². The van der Waals surface area contributed by atoms with Gasteiger partial charge in [0.25, 0.3) is 0 Å². The van der Waals surface area contributed by atoms with E-state index in [2.05, 4.69) is 34.6 Å². The maximum absolute atomic E-state index is 11.5. The topological polar surface area (TPSA) is 35.5 Å². The first-order chi connectivity index (χ1) is 10.6. The van der Waals surface area contributed by atoms with Crippen molar-refractivity contribution in [3.8, 4) is 0 Å². The highest BCUT2D eigenvalue weighted by atomic mass is 16.6. The SMILES string of the molecule is CC(=O)O[C@@H]1CC2[C@@]3(C)CCCC(C)(C)C3CC[C@@]2(C)O[C@H]1C. The molecule has 2 unspecified atom stereocenters. The Balaban J connectivity index is 1.92. The van der Waals surface area contributed by atoms with Crippen LogP contribution in [0, 0.1) is 22.7 Å². The van der Waals surface area contributed by atoms with Crippen LogP contribution in [0.15, 0.2) is 0 Å². The number of carbonyl (C=O) groups is 1. The number of hydrogen-bond acceptors (Lipinski definition) is 3. The van der Waals surface area contributed by atoms with Crippen LogP contribution in [0.2, 0.25) is 0 Å². The fourth-order valence-electron chi connectivity index (χ4n) is 6.55. The standard InChI is InChI=1S/C20H34O3/c1-13-15(22-14(2)21)12-17-19(5)10-7-9-18(3,4)16(19)8-11-20(17,6)23-13/h13,15-17H,7-12H2,1-6H3/t13-,15+,16?,17?,19-,20+/m0/s1. The second-order valence-corrected chi connectivity index (χ2v) is 9.51. The molecule has 0 N–H and O–H groups in total. The van der Waals surface area contributed by atoms with E-state index in [-0.39, 0.29) is 23.8 Å². The van der Waals surface area contributed by atoms with Gasteiger partial charge < -0.3 is 9.47 Å². The zero-order valence-electron chi connectivity index (χ0n) is 15.8. The zero-order chi connectivity index (χ0) is 17.0. The molecule has 3 heteroatoms. The molecule has 0 amide bonds. The van der Waals surface area contributed by atoms with Crippen molar-refractivity contribution in [1.82, 2.24) is 0 Å². The molecule has 3 aliphatic rings. The van der Waals surface area contributed by atoms with Crippen LogP contribution in [0.1, 0.15) is 80.1 Å². The molecule has 2 saturated carbocycles. The first-order valence-corrected chi connectivity index (χ1v) is 9.43. The summed E-state index contributed by atoms with van der Waals surface area (Å²) in [5, 5.41) is 0. The summed E-state index contributed by atoms with van der Waals surface area (Å²) < 4.78 is 12.1. The molecule has 2 aliphatic carbocycles. The van der Waals surface area contributed by atoms with Crippen LogP contribution in [0.25, 0.3) is 0 Å². The molecular weight excluding hydrogens is 288 g/mol. The van der Waals surface area contributed by atoms with Crippen LogP contribution < -0.4 is 0 Å². The summed E-state index contributed by atoms with van der Waals surface area (Å²) in [7, 11) is 0. The van der Waals surface area contributed by atoms with E-state index in [1.807, 2.05) is 0 Å². The Kier molecular flexibility index (Phi) is 4.11. The molecule has 3 fully saturated rings. The second kappa shape index (κ2) is 5.47. The maximum atomic E-state index is 11.5. The van der Waals surface area contributed by atoms with E-state index in [1.54, 1.807) is 0 Å². The first-order valence-electron chi connectivity index (χ1n) is 9.43. The summed E-state index contributed by atoms with van der Waals surface area (Å²) in [6, 6.07) is 0. The van der Waals surface area contributed by atoms with Crippen molar-refractivity contribution >= 4 is 5.97 Å². The van der Waals surface area contributed by atoms with Crippen LogP contribution in [0.5, 0.6) is 0 Å². The summed E-state index contributed by atoms with van der Waals surface area (Å²) in [4.78, 5) is 11.5. The minimum absolute atomic E-state index is 0.00287. The van der Waals surface area contributed by atoms with Crippen LogP contribution in [0.3, 0.4) is 0 Å². The lowest BCUT2D eigenvalue weighted by molar-refractivity contribution is -0.262. The first kappa shape index (κ1) is 17.3. The van der Waals surface area contributed by atoms with Crippen LogP contribution in [-0.2, 0) is 14.3 Å². The number of rotatable bonds is 1. The van der Waals surface area contributed by atoms with Gasteiger partial charge >= 0.3 is 5.97 Å². The molecule has 23 heavy (non-hydrogen) atoms. The Morgan fingerprint density at radius 3 is 2.43 bits per heavy atom. The van der Waals surface area contributed by atoms with E-state index in [9.17, 15) is 4.79 Å². The quantitative estimate of drug-likeness (QED) is 0.655. The smallest absolute Gasteiger partial charge is 0.302 e. The van der Waals surface area contributed by atoms with Crippen LogP contribution in [-0.4, -0.2) is 23.8 Å². The number of carbonyl (C=O) groups excluding carboxylic acids is 1. The van der Waals surface area contributed by atoms with E-state index in [4.69, 9.17) is 9.47 Å². The van der Waals surface area contributed by atoms with Gasteiger partial charge in [0.1, 0.15) is 6.10 Å². The van der Waals surface area contributed by atoms with Crippen molar-refractivity contribution in [2.45, 2.75) is 97.9 Å². The third kappa shape index (κ3) is 2.73. The summed E-state index contributed by atoms with van der Waals surface area (Å²) in [5.74, 6) is 1.04. The number of esters is 1. The van der Waals surface area contributed by atoms with Crippen molar-refractivity contribution in [3.05, 3.63) is 0 Å². The highest BCUT2D eigenvalue weighted by molar-refractivity contribution is 5.66. The lowest BCUT2D eigenvalue weighted by atomic mass is 9.44. The third-order valence-electron chi connectivity index (χ3n) is 7.50. The average Bonchev–Trinajstić information content (AvgIpc) is 2.39. The molecule has 0 aromatic carbocycles. The molecule has 0 radical (unpaired) electrons. The van der Waals surface area contributed by atoms with E-state index in [0.717, 1.165) is 18.8 Å². The zero-order valence-corrected chi connectivity index (χ0v) is 15.8. The third-order valence-corrected chi connectivity index (χ3v) is 7.50. The molecule has 3 nitrogen and oxygen atoms in total. The molecule has 1 saturated heterocycles. The van der Waals surface area contributed by atoms with Gasteiger partial charge in [-0.25, -0.2) is 0 Å². The maximum Gasteiger partial charge on any atom is 0.302 e. The predicted octanol–water partition coefficient (Wildman–Crippen LogP) is 4.73. The largest absolute Gasteiger partial charge is 0.460 e. The van der Waals surface area contributed by atoms with Crippen molar-refractivity contribution < 1.29 is 14.3 Å². The number of fused-ring (bicyclic) bond motifs is 3. The number of ether oxygens (including phenoxy) is 2. The lowest BCUT2D eigenvalue weighted by Crippen LogP contribution is -2.63. The minimum atomic E-state index is -0.185. The van der Waals surface area contributed by atoms with Crippen LogP contribution >= 0.6 is 0 Å². The Morgan fingerprint density at radius 2 is 1.78 bits per heavy atom. The summed E-state index contributed by atoms with van der Waals surface area (Å²) >= 11 is 0. The Bertz CT molecular complexity index is 485. The summed E-state index contributed by atoms with van der Waals surface area (Å²) in [5.41, 5.74) is 0.649. The van der Waals surface area contributed by atoms with Crippen molar-refractivity contribution in [2.75, 3.05) is 0 Å². The molecule has 1 heterocycles. The summed E-state index contributed by atoms with van der Waals surface area (Å²) in [6.45, 7) is 13.3. The normalized spacial score (nSPS) is 49.0. The van der Waals surface area contributed by atoms with Gasteiger partial charge in [0.15, 0.2) is 0 Å². The van der Waals surface area contributed by atoms with Crippen molar-refractivity contribution in [1.29, 1.82) is 0 Å². The second-order valence-electron chi connectivity index (χ2n) is 9.51. The number of hydrogen-bond donors (Lipinski definition) is 0. The fraction of sp³-hybridized carbons (Fsp3) is 0.950. The fourth-order valence-corrected chi connectivity index (χ4v) is 6.55. The lowest BCUT2D eigenvalue weighted by Gasteiger charge is -2.64. The monoisotopic (exact) mass is 322 g/mol. The highest BCUT2D eigenvalue weighted by Crippen LogP contribution is 2.64. The summed E-state index contributed by atoms with van der Waals surface area (Å²) in [6.07, 6.45) is 7.19. The van der Waals surface area contributed by atoms with Crippen molar-refractivity contribution in [2.24, 2.45) is 22.7 Å². The molecule has 0 aromatic rings. The minimum Gasteiger partial charge on any atom is -0.460 e. The highest BCUT2D eigenvalue weighted by Gasteiger charge is 2.61. The van der Waals surface area contributed by atoms with Gasteiger partial charge in [-0.1, -0.05) is 27.2 Å². The molecule has 6 atom stereocenters. The predicted molar refractivity (Wildman–Crippen MR) is 91.1 cm³/mol. The van der Waals surface area contributed by atoms with Gasteiger partial charge in [-0.3, -0.25) is 4.79 Å². The van der Waals surface area contributed by atoms with E-state index in [1.165, 1.54) is 32.6 Å². The Labute approximate surface area is 141 Å². The molecule has 3 rings (SSSR count). The average molecular weight is 322 g/mol. The molecule has 0 aromatic heterocycles. The molecule has 132 valence electrons. The van der Waals surface area contributed by atoms with Gasteiger partial charge in [0.05, 0.1) is 11.7 Å². The Morgan fingerprint density at radius 1 is 1.09 bits per heavy atom. The molecular formula is C20H34O3. The Hall–Kier alpha value is -0.570. The van der Waals surface area contributed by atoms with Gasteiger partial charge in [0, 0.05) is 6.92 Å². The van der Waals surface area contributed by atoms with Crippen molar-refractivity contribution in [3.63, 3.8) is 0 Å². The van der Waals surface area contributed by atoms with Gasteiger partial charge in [-0.05, 0) is 68.6 Å². The van der Waals surface area contributed by atoms with Gasteiger partial charge in [-0.2, -0.15) is 0 Å².